The van der Waals surface area contributed by atoms with Crippen molar-refractivity contribution in [2.75, 3.05) is 9.80 Å². The minimum absolute atomic E-state index is 0.813. The highest BCUT2D eigenvalue weighted by Gasteiger charge is 2.23. The quantitative estimate of drug-likeness (QED) is 0.174. The molecule has 0 radical (unpaired) electrons. The van der Waals surface area contributed by atoms with Crippen LogP contribution in [0.3, 0.4) is 0 Å². The highest BCUT2D eigenvalue weighted by atomic mass is 31.1. The van der Waals surface area contributed by atoms with Crippen molar-refractivity contribution in [3.63, 3.8) is 0 Å². The number of furan rings is 1. The summed E-state index contributed by atoms with van der Waals surface area (Å²) in [4.78, 5) is 4.61. The molecule has 0 saturated carbocycles. The van der Waals surface area contributed by atoms with Gasteiger partial charge in [-0.05, 0) is 84.2 Å². The van der Waals surface area contributed by atoms with E-state index in [2.05, 4.69) is 198 Å². The lowest BCUT2D eigenvalue weighted by Crippen LogP contribution is -2.09. The maximum atomic E-state index is 6.97. The fourth-order valence-electron chi connectivity index (χ4n) is 6.82. The zero-order valence-corrected chi connectivity index (χ0v) is 27.0. The predicted molar refractivity (Wildman–Crippen MR) is 205 cm³/mol. The summed E-state index contributed by atoms with van der Waals surface area (Å²) in [6.45, 7) is 0. The van der Waals surface area contributed by atoms with Gasteiger partial charge in [-0.25, -0.2) is 0 Å². The first-order valence-corrected chi connectivity index (χ1v) is 17.5. The molecule has 2 aromatic heterocycles. The van der Waals surface area contributed by atoms with Crippen LogP contribution >= 0.6 is 7.53 Å². The summed E-state index contributed by atoms with van der Waals surface area (Å²) < 4.78 is 6.97. The molecular formula is C44H31N2OP. The summed E-state index contributed by atoms with van der Waals surface area (Å²) in [5, 5.41) is 6.28. The van der Waals surface area contributed by atoms with Crippen molar-refractivity contribution >= 4 is 73.8 Å². The highest BCUT2D eigenvalue weighted by Crippen LogP contribution is 2.59. The molecule has 3 nitrogen and oxygen atoms in total. The van der Waals surface area contributed by atoms with Gasteiger partial charge in [0.15, 0.2) is 0 Å². The second-order valence-corrected chi connectivity index (χ2v) is 14.0. The number of para-hydroxylation sites is 4. The SMILES string of the molecule is c1ccc(N(c2ccccc2)c2ccc3c(c2)oc2c4cc(N(c5ccccc5)c5ccccc5)ccc4p(-c4ccccc4)c32)cc1. The smallest absolute Gasteiger partial charge is 0.147 e. The Hall–Kier alpha value is -6.02. The maximum absolute atomic E-state index is 6.97. The molecule has 0 amide bonds. The normalized spacial score (nSPS) is 11.7. The Morgan fingerprint density at radius 1 is 0.375 bits per heavy atom. The van der Waals surface area contributed by atoms with Gasteiger partial charge in [0.2, 0.25) is 0 Å². The molecule has 0 spiro atoms. The van der Waals surface area contributed by atoms with E-state index in [0.717, 1.165) is 50.7 Å². The molecule has 228 valence electrons. The van der Waals surface area contributed by atoms with Crippen LogP contribution in [0, 0.1) is 0 Å². The van der Waals surface area contributed by atoms with E-state index in [9.17, 15) is 0 Å². The van der Waals surface area contributed by atoms with E-state index in [4.69, 9.17) is 4.42 Å². The largest absolute Gasteiger partial charge is 0.455 e. The van der Waals surface area contributed by atoms with Crippen molar-refractivity contribution in [1.82, 2.24) is 0 Å². The molecule has 4 heteroatoms. The fourth-order valence-corrected chi connectivity index (χ4v) is 9.50. The Labute approximate surface area is 280 Å². The molecular weight excluding hydrogens is 603 g/mol. The average molecular weight is 635 g/mol. The molecule has 0 saturated heterocycles. The van der Waals surface area contributed by atoms with E-state index < -0.39 is 7.53 Å². The molecule has 0 aliphatic rings. The van der Waals surface area contributed by atoms with Gasteiger partial charge in [-0.3, -0.25) is 0 Å². The average Bonchev–Trinajstić information content (AvgIpc) is 3.68. The maximum Gasteiger partial charge on any atom is 0.147 e. The highest BCUT2D eigenvalue weighted by molar-refractivity contribution is 7.68. The third-order valence-corrected chi connectivity index (χ3v) is 11.5. The molecule has 1 unspecified atom stereocenters. The monoisotopic (exact) mass is 634 g/mol. The molecule has 0 fully saturated rings. The van der Waals surface area contributed by atoms with Crippen molar-refractivity contribution in [2.45, 2.75) is 0 Å². The number of rotatable bonds is 7. The van der Waals surface area contributed by atoms with Crippen molar-refractivity contribution in [3.8, 4) is 5.30 Å². The number of benzene rings is 7. The molecule has 1 atom stereocenters. The van der Waals surface area contributed by atoms with Crippen LogP contribution < -0.4 is 9.80 Å². The van der Waals surface area contributed by atoms with Crippen molar-refractivity contribution in [1.29, 1.82) is 0 Å². The zero-order valence-electron chi connectivity index (χ0n) is 26.1. The molecule has 0 aliphatic heterocycles. The van der Waals surface area contributed by atoms with E-state index in [0.29, 0.717) is 0 Å². The number of hydrogen-bond acceptors (Lipinski definition) is 3. The number of hydrogen-bond donors (Lipinski definition) is 0. The Kier molecular flexibility index (Phi) is 7.04. The lowest BCUT2D eigenvalue weighted by molar-refractivity contribution is 0.673. The molecule has 2 heterocycles. The Morgan fingerprint density at radius 2 is 0.812 bits per heavy atom. The van der Waals surface area contributed by atoms with Crippen molar-refractivity contribution in [3.05, 3.63) is 188 Å². The van der Waals surface area contributed by atoms with Gasteiger partial charge < -0.3 is 14.2 Å². The molecule has 9 aromatic rings. The Morgan fingerprint density at radius 3 is 1.31 bits per heavy atom. The van der Waals surface area contributed by atoms with E-state index >= 15 is 0 Å². The van der Waals surface area contributed by atoms with Gasteiger partial charge in [-0.1, -0.05) is 111 Å². The zero-order chi connectivity index (χ0) is 31.9. The van der Waals surface area contributed by atoms with Gasteiger partial charge in [0, 0.05) is 56.1 Å². The lowest BCUT2D eigenvalue weighted by Gasteiger charge is -2.25. The summed E-state index contributed by atoms with van der Waals surface area (Å²) >= 11 is 0. The molecule has 0 N–H and O–H groups in total. The van der Waals surface area contributed by atoms with Gasteiger partial charge >= 0.3 is 0 Å². The van der Waals surface area contributed by atoms with Gasteiger partial charge in [0.25, 0.3) is 0 Å². The molecule has 0 bridgehead atoms. The molecule has 7 aromatic carbocycles. The van der Waals surface area contributed by atoms with Gasteiger partial charge in [-0.15, -0.1) is 0 Å². The van der Waals surface area contributed by atoms with Crippen LogP contribution in [0.2, 0.25) is 0 Å². The standard InChI is InChI=1S/C44H31N2OP/c1-6-16-32(17-7-1)45(33-18-8-2-9-19-33)36-27-29-42-40(30-36)43-44(48(42)38-24-14-5-15-25-38)39-28-26-37(31-41(39)47-43)46(34-20-10-3-11-21-34)35-22-12-4-13-23-35/h1-31H. The second kappa shape index (κ2) is 12.0. The lowest BCUT2D eigenvalue weighted by atomic mass is 10.1. The molecule has 0 aliphatic carbocycles. The predicted octanol–water partition coefficient (Wildman–Crippen LogP) is 13.7. The van der Waals surface area contributed by atoms with Crippen LogP contribution in [0.1, 0.15) is 0 Å². The van der Waals surface area contributed by atoms with E-state index in [-0.39, 0.29) is 0 Å². The van der Waals surface area contributed by atoms with Gasteiger partial charge in [0.1, 0.15) is 11.2 Å². The Balaban J connectivity index is 1.29. The minimum atomic E-state index is -0.813. The third kappa shape index (κ3) is 4.84. The third-order valence-electron chi connectivity index (χ3n) is 8.93. The first-order valence-electron chi connectivity index (χ1n) is 16.2. The topological polar surface area (TPSA) is 19.6 Å². The van der Waals surface area contributed by atoms with Gasteiger partial charge in [0.05, 0.1) is 5.12 Å². The number of nitrogens with zero attached hydrogens (tertiary/aromatic N) is 2. The summed E-state index contributed by atoms with van der Waals surface area (Å²) in [5.74, 6) is 0. The number of anilines is 6. The van der Waals surface area contributed by atoms with Crippen molar-refractivity contribution in [2.24, 2.45) is 0 Å². The minimum Gasteiger partial charge on any atom is -0.455 e. The fraction of sp³-hybridized carbons (Fsp3) is 0. The second-order valence-electron chi connectivity index (χ2n) is 11.8. The van der Waals surface area contributed by atoms with Crippen molar-refractivity contribution < 1.29 is 4.42 Å². The van der Waals surface area contributed by atoms with Crippen LogP contribution in [0.4, 0.5) is 34.1 Å². The molecule has 48 heavy (non-hydrogen) atoms. The molecule has 9 rings (SSSR count). The van der Waals surface area contributed by atoms with Crippen LogP contribution in [-0.4, -0.2) is 0 Å². The summed E-state index contributed by atoms with van der Waals surface area (Å²) in [7, 11) is -0.813. The summed E-state index contributed by atoms with van der Waals surface area (Å²) in [6, 6.07) is 66.7. The van der Waals surface area contributed by atoms with E-state index in [1.54, 1.807) is 0 Å². The summed E-state index contributed by atoms with van der Waals surface area (Å²) in [5.41, 5.74) is 8.47. The van der Waals surface area contributed by atoms with Crippen LogP contribution in [0.15, 0.2) is 192 Å². The Bertz CT molecular complexity index is 2410. The first-order chi connectivity index (χ1) is 23.8. The first kappa shape index (κ1) is 28.2. The van der Waals surface area contributed by atoms with Crippen LogP contribution in [0.5, 0.6) is 0 Å². The van der Waals surface area contributed by atoms with Gasteiger partial charge in [-0.2, -0.15) is 0 Å². The van der Waals surface area contributed by atoms with E-state index in [1.165, 1.54) is 20.9 Å². The van der Waals surface area contributed by atoms with E-state index in [1.807, 2.05) is 0 Å². The van der Waals surface area contributed by atoms with Crippen LogP contribution in [-0.2, 0) is 0 Å². The summed E-state index contributed by atoms with van der Waals surface area (Å²) in [6.07, 6.45) is 0. The number of fused-ring (bicyclic) bond motifs is 5. The van der Waals surface area contributed by atoms with Crippen LogP contribution in [0.25, 0.3) is 37.5 Å².